The van der Waals surface area contributed by atoms with Gasteiger partial charge in [0, 0.05) is 0 Å². The Balaban J connectivity index is -0.0000000178. The molecule has 0 amide bonds. The van der Waals surface area contributed by atoms with Crippen molar-refractivity contribution in [3.8, 4) is 0 Å². The van der Waals surface area contributed by atoms with E-state index in [1.165, 1.54) is 0 Å². The van der Waals surface area contributed by atoms with Gasteiger partial charge in [-0.1, -0.05) is 0 Å². The Bertz CT molecular complexity index is 68.3. The minimum absolute atomic E-state index is 0. The molecule has 0 aliphatic carbocycles. The summed E-state index contributed by atoms with van der Waals surface area (Å²) < 4.78 is 78.0. The van der Waals surface area contributed by atoms with Gasteiger partial charge in [-0.25, -0.2) is 0 Å². The molecule has 0 saturated heterocycles. The van der Waals surface area contributed by atoms with Crippen LogP contribution in [0.3, 0.4) is 0 Å². The van der Waals surface area contributed by atoms with Gasteiger partial charge in [0.2, 0.25) is 0 Å². The summed E-state index contributed by atoms with van der Waals surface area (Å²) in [6, 6.07) is 0. The maximum atomic E-state index is 9.75. The molecular weight excluding hydrogens is 434 g/mol. The largest absolute Gasteiger partial charge is 1.00 e. The fourth-order valence-electron chi connectivity index (χ4n) is 0. The van der Waals surface area contributed by atoms with E-state index in [1.54, 1.807) is 0 Å². The van der Waals surface area contributed by atoms with Crippen LogP contribution in [0.25, 0.3) is 0 Å². The molecule has 0 N–H and O–H groups in total. The average Bonchev–Trinajstić information content (AvgIpc) is 1.12. The molecule has 0 aromatic rings. The second-order valence-corrected chi connectivity index (χ2v) is 0.990. The second-order valence-electron chi connectivity index (χ2n) is 0.990. The van der Waals surface area contributed by atoms with Crippen molar-refractivity contribution in [3.05, 3.63) is 0 Å². The normalized spacial score (nSPS) is 9.23. The summed E-state index contributed by atoms with van der Waals surface area (Å²) in [5, 5.41) is 0. The van der Waals surface area contributed by atoms with Crippen molar-refractivity contribution in [3.63, 3.8) is 0 Å². The van der Waals surface area contributed by atoms with Crippen molar-refractivity contribution < 1.29 is 54.8 Å². The van der Waals surface area contributed by atoms with Gasteiger partial charge in [0.1, 0.15) is 0 Å². The molecule has 13 heteroatoms. The summed E-state index contributed by atoms with van der Waals surface area (Å²) >= 11 is 0. The van der Waals surface area contributed by atoms with E-state index in [4.69, 9.17) is 0 Å². The molecule has 0 aliphatic rings. The van der Waals surface area contributed by atoms with Gasteiger partial charge in [-0.3, -0.25) is 0 Å². The summed E-state index contributed by atoms with van der Waals surface area (Å²) in [7, 11) is -12.0. The SMILES string of the molecule is F[B-](F)(F)F.F[B-](F)(F)F.I.I.[H-].[Li+]. The van der Waals surface area contributed by atoms with Crippen molar-refractivity contribution in [1.29, 1.82) is 0 Å². The molecule has 13 heavy (non-hydrogen) atoms. The third kappa shape index (κ3) is 696. The van der Waals surface area contributed by atoms with E-state index in [-0.39, 0.29) is 68.2 Å². The molecule has 0 nitrogen and oxygen atoms in total. The van der Waals surface area contributed by atoms with Gasteiger partial charge in [0.15, 0.2) is 0 Å². The molecular formula is H3B2F8I2Li-2. The third-order valence-corrected chi connectivity index (χ3v) is 0. The molecule has 0 spiro atoms. The van der Waals surface area contributed by atoms with Crippen LogP contribution in [0.1, 0.15) is 1.43 Å². The molecule has 0 aromatic carbocycles. The number of rotatable bonds is 0. The Kier molecular flexibility index (Phi) is 26.4. The van der Waals surface area contributed by atoms with E-state index in [0.717, 1.165) is 0 Å². The van der Waals surface area contributed by atoms with Crippen LogP contribution in [0.4, 0.5) is 34.5 Å². The van der Waals surface area contributed by atoms with Crippen molar-refractivity contribution in [2.45, 2.75) is 0 Å². The van der Waals surface area contributed by atoms with Gasteiger partial charge in [0.25, 0.3) is 0 Å². The molecule has 0 heterocycles. The zero-order valence-electron chi connectivity index (χ0n) is 6.99. The van der Waals surface area contributed by atoms with E-state index in [2.05, 4.69) is 0 Å². The van der Waals surface area contributed by atoms with Crippen LogP contribution in [0.5, 0.6) is 0 Å². The monoisotopic (exact) mass is 438 g/mol. The van der Waals surface area contributed by atoms with E-state index in [9.17, 15) is 34.5 Å². The average molecular weight is 437 g/mol. The fraction of sp³-hybridized carbons (Fsp3) is 0. The Morgan fingerprint density at radius 1 is 0.538 bits per heavy atom. The minimum Gasteiger partial charge on any atom is -1.00 e. The zero-order valence-corrected chi connectivity index (χ0v) is 10.7. The van der Waals surface area contributed by atoms with Crippen LogP contribution < -0.4 is 18.9 Å². The van der Waals surface area contributed by atoms with Gasteiger partial charge < -0.3 is 36.0 Å². The van der Waals surface area contributed by atoms with Gasteiger partial charge in [-0.15, -0.1) is 48.0 Å². The van der Waals surface area contributed by atoms with Crippen LogP contribution in [0, 0.1) is 0 Å². The van der Waals surface area contributed by atoms with Gasteiger partial charge in [-0.2, -0.15) is 0 Å². The van der Waals surface area contributed by atoms with Gasteiger partial charge in [-0.05, 0) is 0 Å². The van der Waals surface area contributed by atoms with E-state index in [0.29, 0.717) is 0 Å². The summed E-state index contributed by atoms with van der Waals surface area (Å²) in [6.07, 6.45) is 0. The quantitative estimate of drug-likeness (QED) is 0.301. The van der Waals surface area contributed by atoms with Crippen LogP contribution in [-0.4, -0.2) is 14.5 Å². The topological polar surface area (TPSA) is 0 Å². The Hall–Kier alpha value is 1.63. The summed E-state index contributed by atoms with van der Waals surface area (Å²) in [6.45, 7) is 0. The van der Waals surface area contributed by atoms with E-state index < -0.39 is 14.5 Å². The third-order valence-electron chi connectivity index (χ3n) is 0. The molecule has 0 fully saturated rings. The molecule has 0 radical (unpaired) electrons. The molecule has 0 saturated carbocycles. The summed E-state index contributed by atoms with van der Waals surface area (Å²) in [4.78, 5) is 0. The molecule has 0 atom stereocenters. The predicted octanol–water partition coefficient (Wildman–Crippen LogP) is 0.953. The van der Waals surface area contributed by atoms with Gasteiger partial charge in [0.05, 0.1) is 0 Å². The van der Waals surface area contributed by atoms with Crippen LogP contribution in [0.2, 0.25) is 0 Å². The van der Waals surface area contributed by atoms with E-state index in [1.807, 2.05) is 0 Å². The smallest absolute Gasteiger partial charge is 1.00 e. The van der Waals surface area contributed by atoms with Crippen LogP contribution >= 0.6 is 48.0 Å². The van der Waals surface area contributed by atoms with Crippen molar-refractivity contribution in [2.24, 2.45) is 0 Å². The molecule has 0 aliphatic heterocycles. The van der Waals surface area contributed by atoms with Gasteiger partial charge >= 0.3 is 33.4 Å². The fourth-order valence-corrected chi connectivity index (χ4v) is 0. The number of hydrogen-bond donors (Lipinski definition) is 0. The first-order valence-corrected chi connectivity index (χ1v) is 1.75. The molecule has 0 aromatic heterocycles. The molecule has 82 valence electrons. The Morgan fingerprint density at radius 3 is 0.538 bits per heavy atom. The standard InChI is InChI=1S/2BF4.2HI.Li.H/c2*2-1(3,4)5;;;;/h;;2*1H;;/q2*-1;;;+1;-1. The van der Waals surface area contributed by atoms with Crippen LogP contribution in [0.15, 0.2) is 0 Å². The van der Waals surface area contributed by atoms with E-state index >= 15 is 0 Å². The first kappa shape index (κ1) is 29.3. The second kappa shape index (κ2) is 11.7. The summed E-state index contributed by atoms with van der Waals surface area (Å²) in [5.41, 5.74) is 0. The Labute approximate surface area is 116 Å². The predicted molar refractivity (Wildman–Crippen MR) is 52.3 cm³/mol. The first-order valence-electron chi connectivity index (χ1n) is 1.75. The van der Waals surface area contributed by atoms with Crippen LogP contribution in [-0.2, 0) is 0 Å². The van der Waals surface area contributed by atoms with Crippen molar-refractivity contribution >= 4 is 62.5 Å². The molecule has 0 bridgehead atoms. The molecule has 0 unspecified atom stereocenters. The van der Waals surface area contributed by atoms with Crippen molar-refractivity contribution in [1.82, 2.24) is 0 Å². The molecule has 0 rings (SSSR count). The number of hydrogen-bond acceptors (Lipinski definition) is 0. The minimum atomic E-state index is -6.00. The maximum Gasteiger partial charge on any atom is 1.00 e. The zero-order chi connectivity index (χ0) is 9.00. The Morgan fingerprint density at radius 2 is 0.538 bits per heavy atom. The van der Waals surface area contributed by atoms with Crippen molar-refractivity contribution in [2.75, 3.05) is 0 Å². The maximum absolute atomic E-state index is 9.75. The first-order chi connectivity index (χ1) is 4.00. The number of halogens is 10. The summed E-state index contributed by atoms with van der Waals surface area (Å²) in [5.74, 6) is 0.